The molecule has 3 nitrogen and oxygen atoms in total. The molecule has 94 valence electrons. The first kappa shape index (κ1) is 12.3. The van der Waals surface area contributed by atoms with E-state index in [2.05, 4.69) is 10.2 Å². The lowest BCUT2D eigenvalue weighted by Gasteiger charge is -2.28. The van der Waals surface area contributed by atoms with Crippen molar-refractivity contribution < 1.29 is 9.13 Å². The van der Waals surface area contributed by atoms with E-state index in [1.807, 2.05) is 6.07 Å². The van der Waals surface area contributed by atoms with Gasteiger partial charge in [0, 0.05) is 43.9 Å². The van der Waals surface area contributed by atoms with Crippen molar-refractivity contribution in [3.63, 3.8) is 0 Å². The van der Waals surface area contributed by atoms with E-state index in [0.717, 1.165) is 38.3 Å². The lowest BCUT2D eigenvalue weighted by molar-refractivity contribution is 0.230. The smallest absolute Gasteiger partial charge is 0.129 e. The number of nitrogens with zero attached hydrogens (tertiary/aromatic N) is 1. The predicted octanol–water partition coefficient (Wildman–Crippen LogP) is 1.55. The Bertz CT molecular complexity index is 389. The van der Waals surface area contributed by atoms with Crippen molar-refractivity contribution in [1.29, 1.82) is 0 Å². The second-order valence-electron chi connectivity index (χ2n) is 4.39. The lowest BCUT2D eigenvalue weighted by atomic mass is 10.1. The van der Waals surface area contributed by atoms with Crippen molar-refractivity contribution >= 4 is 0 Å². The predicted molar refractivity (Wildman–Crippen MR) is 65.8 cm³/mol. The Kier molecular flexibility index (Phi) is 3.97. The highest BCUT2D eigenvalue weighted by Gasteiger charge is 2.15. The summed E-state index contributed by atoms with van der Waals surface area (Å²) in [7, 11) is 1.60. The van der Waals surface area contributed by atoms with Gasteiger partial charge in [-0.05, 0) is 13.0 Å². The van der Waals surface area contributed by atoms with E-state index in [4.69, 9.17) is 4.74 Å². The van der Waals surface area contributed by atoms with Crippen molar-refractivity contribution in [2.45, 2.75) is 13.5 Å². The lowest BCUT2D eigenvalue weighted by Crippen LogP contribution is -2.42. The second kappa shape index (κ2) is 5.47. The number of hydrogen-bond acceptors (Lipinski definition) is 3. The molecule has 0 unspecified atom stereocenters. The van der Waals surface area contributed by atoms with Crippen molar-refractivity contribution in [3.05, 3.63) is 29.1 Å². The summed E-state index contributed by atoms with van der Waals surface area (Å²) in [5.74, 6) is 0.481. The van der Waals surface area contributed by atoms with Crippen molar-refractivity contribution in [1.82, 2.24) is 10.2 Å². The quantitative estimate of drug-likeness (QED) is 0.864. The molecule has 0 saturated carbocycles. The summed E-state index contributed by atoms with van der Waals surface area (Å²) in [4.78, 5) is 2.35. The van der Waals surface area contributed by atoms with Gasteiger partial charge in [0.1, 0.15) is 11.6 Å². The fraction of sp³-hybridized carbons (Fsp3) is 0.538. The summed E-state index contributed by atoms with van der Waals surface area (Å²) < 4.78 is 18.7. The van der Waals surface area contributed by atoms with Crippen molar-refractivity contribution in [3.8, 4) is 5.75 Å². The van der Waals surface area contributed by atoms with Crippen LogP contribution in [0.25, 0.3) is 0 Å². The Morgan fingerprint density at radius 1 is 1.35 bits per heavy atom. The maximum atomic E-state index is 13.4. The van der Waals surface area contributed by atoms with E-state index in [1.54, 1.807) is 14.0 Å². The normalized spacial score (nSPS) is 17.1. The average molecular weight is 238 g/mol. The standard InChI is InChI=1S/C13H19FN2O/c1-10-12(14)4-3-11(13(10)17-2)9-16-7-5-15-6-8-16/h3-4,15H,5-9H2,1-2H3. The highest BCUT2D eigenvalue weighted by molar-refractivity contribution is 5.41. The van der Waals surface area contributed by atoms with E-state index in [0.29, 0.717) is 11.3 Å². The molecule has 1 aliphatic rings. The summed E-state index contributed by atoms with van der Waals surface area (Å²) in [6, 6.07) is 3.35. The summed E-state index contributed by atoms with van der Waals surface area (Å²) in [5, 5.41) is 3.32. The molecule has 0 atom stereocenters. The molecule has 1 N–H and O–H groups in total. The summed E-state index contributed by atoms with van der Waals surface area (Å²) in [5.41, 5.74) is 1.66. The average Bonchev–Trinajstić information content (AvgIpc) is 2.36. The highest BCUT2D eigenvalue weighted by Crippen LogP contribution is 2.26. The minimum Gasteiger partial charge on any atom is -0.496 e. The Morgan fingerprint density at radius 3 is 2.71 bits per heavy atom. The van der Waals surface area contributed by atoms with Crippen LogP contribution in [0.15, 0.2) is 12.1 Å². The van der Waals surface area contributed by atoms with E-state index >= 15 is 0 Å². The molecule has 0 spiro atoms. The molecule has 1 saturated heterocycles. The number of ether oxygens (including phenoxy) is 1. The fourth-order valence-electron chi connectivity index (χ4n) is 2.24. The molecule has 1 aromatic rings. The van der Waals surface area contributed by atoms with Gasteiger partial charge in [-0.15, -0.1) is 0 Å². The van der Waals surface area contributed by atoms with Gasteiger partial charge in [-0.3, -0.25) is 4.90 Å². The third kappa shape index (κ3) is 2.76. The zero-order valence-corrected chi connectivity index (χ0v) is 10.4. The molecular formula is C13H19FN2O. The number of methoxy groups -OCH3 is 1. The summed E-state index contributed by atoms with van der Waals surface area (Å²) in [6.07, 6.45) is 0. The molecule has 0 radical (unpaired) electrons. The van der Waals surface area contributed by atoms with Gasteiger partial charge in [-0.25, -0.2) is 4.39 Å². The van der Waals surface area contributed by atoms with Crippen LogP contribution in [0, 0.1) is 12.7 Å². The molecule has 1 aliphatic heterocycles. The van der Waals surface area contributed by atoms with Gasteiger partial charge in [0.2, 0.25) is 0 Å². The van der Waals surface area contributed by atoms with Gasteiger partial charge in [0.15, 0.2) is 0 Å². The zero-order chi connectivity index (χ0) is 12.3. The van der Waals surface area contributed by atoms with E-state index < -0.39 is 0 Å². The minimum atomic E-state index is -0.203. The van der Waals surface area contributed by atoms with Gasteiger partial charge in [-0.1, -0.05) is 6.07 Å². The Balaban J connectivity index is 2.17. The summed E-state index contributed by atoms with van der Waals surface area (Å²) in [6.45, 7) is 6.67. The molecule has 0 amide bonds. The molecule has 0 aliphatic carbocycles. The van der Waals surface area contributed by atoms with E-state index in [-0.39, 0.29) is 5.82 Å². The van der Waals surface area contributed by atoms with Gasteiger partial charge < -0.3 is 10.1 Å². The number of rotatable bonds is 3. The summed E-state index contributed by atoms with van der Waals surface area (Å²) >= 11 is 0. The molecular weight excluding hydrogens is 219 g/mol. The van der Waals surface area contributed by atoms with Crippen LogP contribution in [0.3, 0.4) is 0 Å². The van der Waals surface area contributed by atoms with Gasteiger partial charge in [-0.2, -0.15) is 0 Å². The first-order valence-electron chi connectivity index (χ1n) is 5.97. The van der Waals surface area contributed by atoms with Crippen LogP contribution >= 0.6 is 0 Å². The van der Waals surface area contributed by atoms with Gasteiger partial charge >= 0.3 is 0 Å². The molecule has 17 heavy (non-hydrogen) atoms. The maximum absolute atomic E-state index is 13.4. The monoisotopic (exact) mass is 238 g/mol. The van der Waals surface area contributed by atoms with Crippen LogP contribution in [0.4, 0.5) is 4.39 Å². The van der Waals surface area contributed by atoms with Gasteiger partial charge in [0.05, 0.1) is 7.11 Å². The maximum Gasteiger partial charge on any atom is 0.129 e. The Morgan fingerprint density at radius 2 is 2.06 bits per heavy atom. The zero-order valence-electron chi connectivity index (χ0n) is 10.4. The molecule has 0 bridgehead atoms. The second-order valence-corrected chi connectivity index (χ2v) is 4.39. The van der Waals surface area contributed by atoms with Crippen molar-refractivity contribution in [2.24, 2.45) is 0 Å². The first-order valence-corrected chi connectivity index (χ1v) is 5.97. The topological polar surface area (TPSA) is 24.5 Å². The third-order valence-corrected chi connectivity index (χ3v) is 3.23. The molecule has 2 rings (SSSR count). The molecule has 1 aromatic carbocycles. The van der Waals surface area contributed by atoms with E-state index in [1.165, 1.54) is 6.07 Å². The van der Waals surface area contributed by atoms with Crippen LogP contribution in [-0.4, -0.2) is 38.2 Å². The fourth-order valence-corrected chi connectivity index (χ4v) is 2.24. The minimum absolute atomic E-state index is 0.203. The highest BCUT2D eigenvalue weighted by atomic mass is 19.1. The SMILES string of the molecule is COc1c(CN2CCNCC2)ccc(F)c1C. The first-order chi connectivity index (χ1) is 8.22. The molecule has 1 heterocycles. The van der Waals surface area contributed by atoms with Gasteiger partial charge in [0.25, 0.3) is 0 Å². The molecule has 0 aromatic heterocycles. The largest absolute Gasteiger partial charge is 0.496 e. The van der Waals surface area contributed by atoms with Crippen LogP contribution in [0.1, 0.15) is 11.1 Å². The number of halogens is 1. The van der Waals surface area contributed by atoms with Crippen molar-refractivity contribution in [2.75, 3.05) is 33.3 Å². The van der Waals surface area contributed by atoms with Crippen LogP contribution in [-0.2, 0) is 6.54 Å². The van der Waals surface area contributed by atoms with Crippen LogP contribution in [0.2, 0.25) is 0 Å². The number of piperazine rings is 1. The van der Waals surface area contributed by atoms with E-state index in [9.17, 15) is 4.39 Å². The van der Waals surface area contributed by atoms with Crippen LogP contribution < -0.4 is 10.1 Å². The molecule has 4 heteroatoms. The number of hydrogen-bond donors (Lipinski definition) is 1. The molecule has 1 fully saturated rings. The number of benzene rings is 1. The Labute approximate surface area is 102 Å². The van der Waals surface area contributed by atoms with Crippen LogP contribution in [0.5, 0.6) is 5.75 Å². The number of nitrogens with one attached hydrogen (secondary N) is 1. The third-order valence-electron chi connectivity index (χ3n) is 3.23. The Hall–Kier alpha value is -1.13.